The van der Waals surface area contributed by atoms with Crippen molar-refractivity contribution in [2.45, 2.75) is 6.54 Å². The van der Waals surface area contributed by atoms with Crippen LogP contribution in [0.25, 0.3) is 0 Å². The fourth-order valence-corrected chi connectivity index (χ4v) is 2.58. The Morgan fingerprint density at radius 1 is 1.07 bits per heavy atom. The van der Waals surface area contributed by atoms with Crippen molar-refractivity contribution in [1.82, 2.24) is 15.3 Å². The third-order valence-corrected chi connectivity index (χ3v) is 3.94. The molecule has 136 valence electrons. The molecule has 0 spiro atoms. The van der Waals surface area contributed by atoms with Crippen LogP contribution in [-0.4, -0.2) is 22.7 Å². The number of hydrogen-bond acceptors (Lipinski definition) is 6. The van der Waals surface area contributed by atoms with Crippen LogP contribution < -0.4 is 20.1 Å². The minimum absolute atomic E-state index is 0.0699. The van der Waals surface area contributed by atoms with E-state index in [1.807, 2.05) is 6.07 Å². The highest BCUT2D eigenvalue weighted by Gasteiger charge is 2.14. The molecule has 0 radical (unpaired) electrons. The highest BCUT2D eigenvalue weighted by molar-refractivity contribution is 5.92. The van der Waals surface area contributed by atoms with Gasteiger partial charge in [-0.1, -0.05) is 18.2 Å². The van der Waals surface area contributed by atoms with Crippen LogP contribution in [0.3, 0.4) is 0 Å². The van der Waals surface area contributed by atoms with Crippen LogP contribution in [0.4, 0.5) is 15.9 Å². The Bertz CT molecular complexity index is 996. The summed E-state index contributed by atoms with van der Waals surface area (Å²) in [4.78, 5) is 20.4. The first kappa shape index (κ1) is 16.8. The van der Waals surface area contributed by atoms with Gasteiger partial charge in [0.15, 0.2) is 11.5 Å². The lowest BCUT2D eigenvalue weighted by Gasteiger charge is -2.09. The molecule has 1 amide bonds. The van der Waals surface area contributed by atoms with E-state index in [1.54, 1.807) is 30.3 Å². The van der Waals surface area contributed by atoms with Crippen molar-refractivity contribution in [2.75, 3.05) is 12.1 Å². The SMILES string of the molecule is O=C(NCc1ccccc1F)c1cc(Nc2ccc3c(c2)OCO3)ncn1. The summed E-state index contributed by atoms with van der Waals surface area (Å²) in [6, 6.07) is 13.2. The Kier molecular flexibility index (Phi) is 4.52. The van der Waals surface area contributed by atoms with E-state index in [4.69, 9.17) is 9.47 Å². The summed E-state index contributed by atoms with van der Waals surface area (Å²) >= 11 is 0. The van der Waals surface area contributed by atoms with Gasteiger partial charge in [0.05, 0.1) is 0 Å². The molecule has 2 aromatic carbocycles. The van der Waals surface area contributed by atoms with Crippen LogP contribution in [0.15, 0.2) is 54.9 Å². The van der Waals surface area contributed by atoms with Crippen LogP contribution in [0.2, 0.25) is 0 Å². The fraction of sp³-hybridized carbons (Fsp3) is 0.105. The second-order valence-corrected chi connectivity index (χ2v) is 5.76. The summed E-state index contributed by atoms with van der Waals surface area (Å²) in [6.45, 7) is 0.263. The molecule has 0 bridgehead atoms. The normalized spacial score (nSPS) is 11.9. The van der Waals surface area contributed by atoms with Gasteiger partial charge in [-0.05, 0) is 18.2 Å². The molecule has 2 heterocycles. The smallest absolute Gasteiger partial charge is 0.270 e. The monoisotopic (exact) mass is 366 g/mol. The Labute approximate surface area is 154 Å². The number of benzene rings is 2. The molecule has 27 heavy (non-hydrogen) atoms. The lowest BCUT2D eigenvalue weighted by Crippen LogP contribution is -2.24. The van der Waals surface area contributed by atoms with E-state index in [0.29, 0.717) is 22.9 Å². The average Bonchev–Trinajstić information content (AvgIpc) is 3.15. The van der Waals surface area contributed by atoms with E-state index in [9.17, 15) is 9.18 Å². The van der Waals surface area contributed by atoms with Gasteiger partial charge in [0, 0.05) is 29.9 Å². The Balaban J connectivity index is 1.44. The molecule has 4 rings (SSSR count). The van der Waals surface area contributed by atoms with Crippen LogP contribution in [-0.2, 0) is 6.54 Å². The molecule has 0 fully saturated rings. The second kappa shape index (κ2) is 7.28. The standard InChI is InChI=1S/C19H15FN4O3/c20-14-4-2-1-3-12(14)9-21-19(25)15-8-18(23-10-22-15)24-13-5-6-16-17(7-13)27-11-26-16/h1-8,10H,9,11H2,(H,21,25)(H,22,23,24). The number of halogens is 1. The fourth-order valence-electron chi connectivity index (χ4n) is 2.58. The number of fused-ring (bicyclic) bond motifs is 1. The predicted octanol–water partition coefficient (Wildman–Crippen LogP) is 3.02. The largest absolute Gasteiger partial charge is 0.454 e. The maximum atomic E-state index is 13.6. The number of anilines is 2. The maximum Gasteiger partial charge on any atom is 0.270 e. The molecule has 1 aromatic heterocycles. The summed E-state index contributed by atoms with van der Waals surface area (Å²) in [7, 11) is 0. The minimum atomic E-state index is -0.422. The molecule has 0 atom stereocenters. The van der Waals surface area contributed by atoms with E-state index < -0.39 is 5.91 Å². The van der Waals surface area contributed by atoms with Crippen molar-refractivity contribution in [2.24, 2.45) is 0 Å². The molecule has 3 aromatic rings. The molecule has 0 saturated heterocycles. The highest BCUT2D eigenvalue weighted by Crippen LogP contribution is 2.34. The maximum absolute atomic E-state index is 13.6. The third-order valence-electron chi connectivity index (χ3n) is 3.94. The van der Waals surface area contributed by atoms with Gasteiger partial charge < -0.3 is 20.1 Å². The minimum Gasteiger partial charge on any atom is -0.454 e. The Morgan fingerprint density at radius 3 is 2.81 bits per heavy atom. The molecule has 8 heteroatoms. The Morgan fingerprint density at radius 2 is 1.93 bits per heavy atom. The first-order chi connectivity index (χ1) is 13.2. The van der Waals surface area contributed by atoms with Gasteiger partial charge in [0.2, 0.25) is 6.79 Å². The molecule has 2 N–H and O–H groups in total. The lowest BCUT2D eigenvalue weighted by atomic mass is 10.2. The predicted molar refractivity (Wildman–Crippen MR) is 95.4 cm³/mol. The molecule has 1 aliphatic heterocycles. The summed E-state index contributed by atoms with van der Waals surface area (Å²) in [5.74, 6) is 0.966. The van der Waals surface area contributed by atoms with Crippen LogP contribution in [0.5, 0.6) is 11.5 Å². The van der Waals surface area contributed by atoms with E-state index in [2.05, 4.69) is 20.6 Å². The molecule has 7 nitrogen and oxygen atoms in total. The van der Waals surface area contributed by atoms with Crippen LogP contribution in [0.1, 0.15) is 16.1 Å². The zero-order valence-electron chi connectivity index (χ0n) is 14.1. The molecular weight excluding hydrogens is 351 g/mol. The number of rotatable bonds is 5. The molecule has 0 saturated carbocycles. The van der Waals surface area contributed by atoms with Crippen molar-refractivity contribution in [1.29, 1.82) is 0 Å². The van der Waals surface area contributed by atoms with Gasteiger partial charge in [0.25, 0.3) is 5.91 Å². The number of carbonyl (C=O) groups is 1. The number of nitrogens with zero attached hydrogens (tertiary/aromatic N) is 2. The van der Waals surface area contributed by atoms with E-state index in [0.717, 1.165) is 5.69 Å². The summed E-state index contributed by atoms with van der Waals surface area (Å²) < 4.78 is 24.2. The van der Waals surface area contributed by atoms with Gasteiger partial charge in [-0.3, -0.25) is 4.79 Å². The molecular formula is C19H15FN4O3. The number of ether oxygens (including phenoxy) is 2. The van der Waals surface area contributed by atoms with Gasteiger partial charge in [-0.15, -0.1) is 0 Å². The topological polar surface area (TPSA) is 85.4 Å². The van der Waals surface area contributed by atoms with Crippen LogP contribution >= 0.6 is 0 Å². The number of carbonyl (C=O) groups excluding carboxylic acids is 1. The summed E-state index contributed by atoms with van der Waals surface area (Å²) in [5, 5.41) is 5.73. The second-order valence-electron chi connectivity index (χ2n) is 5.76. The van der Waals surface area contributed by atoms with E-state index in [-0.39, 0.29) is 24.8 Å². The number of aromatic nitrogens is 2. The Hall–Kier alpha value is -3.68. The zero-order chi connectivity index (χ0) is 18.6. The van der Waals surface area contributed by atoms with Crippen molar-refractivity contribution >= 4 is 17.4 Å². The van der Waals surface area contributed by atoms with Crippen molar-refractivity contribution < 1.29 is 18.7 Å². The average molecular weight is 366 g/mol. The van der Waals surface area contributed by atoms with Gasteiger partial charge in [0.1, 0.15) is 23.7 Å². The van der Waals surface area contributed by atoms with Crippen molar-refractivity contribution in [3.8, 4) is 11.5 Å². The number of nitrogens with one attached hydrogen (secondary N) is 2. The number of hydrogen-bond donors (Lipinski definition) is 2. The van der Waals surface area contributed by atoms with E-state index in [1.165, 1.54) is 18.5 Å². The van der Waals surface area contributed by atoms with Crippen LogP contribution in [0, 0.1) is 5.82 Å². The first-order valence-electron chi connectivity index (χ1n) is 8.19. The highest BCUT2D eigenvalue weighted by atomic mass is 19.1. The first-order valence-corrected chi connectivity index (χ1v) is 8.19. The molecule has 0 aliphatic carbocycles. The zero-order valence-corrected chi connectivity index (χ0v) is 14.1. The molecule has 0 unspecified atom stereocenters. The van der Waals surface area contributed by atoms with Crippen molar-refractivity contribution in [3.05, 3.63) is 71.9 Å². The molecule has 1 aliphatic rings. The van der Waals surface area contributed by atoms with Gasteiger partial charge in [-0.2, -0.15) is 0 Å². The van der Waals surface area contributed by atoms with Gasteiger partial charge >= 0.3 is 0 Å². The van der Waals surface area contributed by atoms with E-state index >= 15 is 0 Å². The lowest BCUT2D eigenvalue weighted by molar-refractivity contribution is 0.0945. The van der Waals surface area contributed by atoms with Crippen molar-refractivity contribution in [3.63, 3.8) is 0 Å². The number of amides is 1. The summed E-state index contributed by atoms with van der Waals surface area (Å²) in [5.41, 5.74) is 1.30. The van der Waals surface area contributed by atoms with Gasteiger partial charge in [-0.25, -0.2) is 14.4 Å². The quantitative estimate of drug-likeness (QED) is 0.722. The summed E-state index contributed by atoms with van der Waals surface area (Å²) in [6.07, 6.45) is 1.29. The third kappa shape index (κ3) is 3.79.